The second-order valence-corrected chi connectivity index (χ2v) is 5.33. The van der Waals surface area contributed by atoms with Crippen LogP contribution in [0.15, 0.2) is 53.0 Å². The van der Waals surface area contributed by atoms with E-state index in [2.05, 4.69) is 25.9 Å². The van der Waals surface area contributed by atoms with Crippen LogP contribution in [0.5, 0.6) is 5.88 Å². The number of hydrogen-bond donors (Lipinski definition) is 0. The minimum atomic E-state index is -0.550. The van der Waals surface area contributed by atoms with Gasteiger partial charge in [0.05, 0.1) is 10.9 Å². The molecule has 106 valence electrons. The monoisotopic (exact) mass is 346 g/mol. The molecule has 0 amide bonds. The van der Waals surface area contributed by atoms with E-state index in [1.807, 2.05) is 48.5 Å². The highest BCUT2D eigenvalue weighted by molar-refractivity contribution is 9.10. The molecule has 0 spiro atoms. The maximum absolute atomic E-state index is 12.4. The lowest BCUT2D eigenvalue weighted by atomic mass is 10.2. The SMILES string of the molecule is FCCOc1nc(-c2ccc(Br)cc2)nc2ccccc12. The Kier molecular flexibility index (Phi) is 4.10. The molecule has 0 bridgehead atoms. The zero-order chi connectivity index (χ0) is 14.7. The Hall–Kier alpha value is -2.01. The molecule has 0 fully saturated rings. The van der Waals surface area contributed by atoms with Gasteiger partial charge in [-0.25, -0.2) is 9.37 Å². The van der Waals surface area contributed by atoms with Crippen LogP contribution < -0.4 is 4.74 Å². The first kappa shape index (κ1) is 13.9. The normalized spacial score (nSPS) is 10.8. The van der Waals surface area contributed by atoms with Crippen LogP contribution in [0.4, 0.5) is 4.39 Å². The summed E-state index contributed by atoms with van der Waals surface area (Å²) in [5, 5.41) is 0.784. The molecule has 0 unspecified atom stereocenters. The number of aromatic nitrogens is 2. The fourth-order valence-electron chi connectivity index (χ4n) is 2.02. The molecule has 1 heterocycles. The van der Waals surface area contributed by atoms with Crippen molar-refractivity contribution in [3.05, 3.63) is 53.0 Å². The Morgan fingerprint density at radius 1 is 1.00 bits per heavy atom. The topological polar surface area (TPSA) is 35.0 Å². The van der Waals surface area contributed by atoms with Gasteiger partial charge in [0.2, 0.25) is 5.88 Å². The van der Waals surface area contributed by atoms with Crippen LogP contribution in [0, 0.1) is 0 Å². The number of fused-ring (bicyclic) bond motifs is 1. The third kappa shape index (κ3) is 3.03. The van der Waals surface area contributed by atoms with Crippen molar-refractivity contribution in [2.75, 3.05) is 13.3 Å². The van der Waals surface area contributed by atoms with E-state index in [0.717, 1.165) is 20.9 Å². The van der Waals surface area contributed by atoms with Crippen LogP contribution in [0.25, 0.3) is 22.3 Å². The molecule has 0 radical (unpaired) electrons. The Bertz CT molecular complexity index is 762. The van der Waals surface area contributed by atoms with Gasteiger partial charge in [-0.05, 0) is 24.3 Å². The summed E-state index contributed by atoms with van der Waals surface area (Å²) in [6.07, 6.45) is 0. The number of rotatable bonds is 4. The number of benzene rings is 2. The summed E-state index contributed by atoms with van der Waals surface area (Å²) in [6.45, 7) is -0.563. The summed E-state index contributed by atoms with van der Waals surface area (Å²) < 4.78 is 18.8. The van der Waals surface area contributed by atoms with E-state index in [4.69, 9.17) is 4.74 Å². The molecule has 0 aliphatic rings. The first-order valence-electron chi connectivity index (χ1n) is 6.49. The van der Waals surface area contributed by atoms with Gasteiger partial charge in [0.15, 0.2) is 5.82 Å². The van der Waals surface area contributed by atoms with Crippen LogP contribution in [0.3, 0.4) is 0 Å². The minimum Gasteiger partial charge on any atom is -0.474 e. The number of para-hydroxylation sites is 1. The van der Waals surface area contributed by atoms with Gasteiger partial charge in [-0.15, -0.1) is 0 Å². The standard InChI is InChI=1S/C16H12BrFN2O/c17-12-7-5-11(6-8-12)15-19-14-4-2-1-3-13(14)16(20-15)21-10-9-18/h1-8H,9-10H2. The molecule has 0 aliphatic carbocycles. The lowest BCUT2D eigenvalue weighted by molar-refractivity contribution is 0.267. The third-order valence-corrected chi connectivity index (χ3v) is 3.52. The van der Waals surface area contributed by atoms with Crippen molar-refractivity contribution < 1.29 is 9.13 Å². The number of alkyl halides is 1. The fourth-order valence-corrected chi connectivity index (χ4v) is 2.29. The highest BCUT2D eigenvalue weighted by Crippen LogP contribution is 2.27. The summed E-state index contributed by atoms with van der Waals surface area (Å²) in [7, 11) is 0. The van der Waals surface area contributed by atoms with Crippen LogP contribution in [-0.2, 0) is 0 Å². The molecule has 0 saturated heterocycles. The molecule has 3 aromatic rings. The van der Waals surface area contributed by atoms with E-state index in [9.17, 15) is 4.39 Å². The Balaban J connectivity index is 2.12. The van der Waals surface area contributed by atoms with Crippen molar-refractivity contribution in [1.82, 2.24) is 9.97 Å². The van der Waals surface area contributed by atoms with E-state index in [0.29, 0.717) is 11.7 Å². The summed E-state index contributed by atoms with van der Waals surface area (Å²) >= 11 is 3.40. The first-order valence-corrected chi connectivity index (χ1v) is 7.29. The molecular formula is C16H12BrFN2O. The highest BCUT2D eigenvalue weighted by atomic mass is 79.9. The lowest BCUT2D eigenvalue weighted by Crippen LogP contribution is -2.03. The van der Waals surface area contributed by atoms with E-state index in [-0.39, 0.29) is 6.61 Å². The van der Waals surface area contributed by atoms with Gasteiger partial charge in [-0.2, -0.15) is 4.98 Å². The van der Waals surface area contributed by atoms with Gasteiger partial charge in [0.1, 0.15) is 13.3 Å². The molecule has 21 heavy (non-hydrogen) atoms. The van der Waals surface area contributed by atoms with Crippen molar-refractivity contribution in [1.29, 1.82) is 0 Å². The average Bonchev–Trinajstić information content (AvgIpc) is 2.53. The number of ether oxygens (including phenoxy) is 1. The first-order chi connectivity index (χ1) is 10.3. The molecule has 5 heteroatoms. The lowest BCUT2D eigenvalue weighted by Gasteiger charge is -2.09. The third-order valence-electron chi connectivity index (χ3n) is 2.99. The Morgan fingerprint density at radius 3 is 2.52 bits per heavy atom. The summed E-state index contributed by atoms with van der Waals surface area (Å²) in [5.41, 5.74) is 1.66. The molecule has 0 atom stereocenters. The summed E-state index contributed by atoms with van der Waals surface area (Å²) in [4.78, 5) is 8.97. The second-order valence-electron chi connectivity index (χ2n) is 4.41. The maximum Gasteiger partial charge on any atom is 0.225 e. The highest BCUT2D eigenvalue weighted by Gasteiger charge is 2.10. The summed E-state index contributed by atoms with van der Waals surface area (Å²) in [6, 6.07) is 15.2. The molecule has 1 aromatic heterocycles. The van der Waals surface area contributed by atoms with Crippen molar-refractivity contribution >= 4 is 26.8 Å². The smallest absolute Gasteiger partial charge is 0.225 e. The Labute approximate surface area is 129 Å². The molecule has 0 N–H and O–H groups in total. The second kappa shape index (κ2) is 6.18. The van der Waals surface area contributed by atoms with Crippen molar-refractivity contribution in [3.63, 3.8) is 0 Å². The number of hydrogen-bond acceptors (Lipinski definition) is 3. The average molecular weight is 347 g/mol. The molecule has 2 aromatic carbocycles. The largest absolute Gasteiger partial charge is 0.474 e. The molecular weight excluding hydrogens is 335 g/mol. The predicted molar refractivity (Wildman–Crippen MR) is 84.1 cm³/mol. The van der Waals surface area contributed by atoms with E-state index < -0.39 is 6.67 Å². The van der Waals surface area contributed by atoms with Gasteiger partial charge in [0, 0.05) is 10.0 Å². The van der Waals surface area contributed by atoms with E-state index >= 15 is 0 Å². The van der Waals surface area contributed by atoms with Crippen molar-refractivity contribution in [2.45, 2.75) is 0 Å². The number of nitrogens with zero attached hydrogens (tertiary/aromatic N) is 2. The zero-order valence-electron chi connectivity index (χ0n) is 11.1. The van der Waals surface area contributed by atoms with Gasteiger partial charge in [-0.3, -0.25) is 0 Å². The maximum atomic E-state index is 12.4. The quantitative estimate of drug-likeness (QED) is 0.701. The van der Waals surface area contributed by atoms with Crippen LogP contribution in [-0.4, -0.2) is 23.2 Å². The molecule has 3 nitrogen and oxygen atoms in total. The van der Waals surface area contributed by atoms with E-state index in [1.165, 1.54) is 0 Å². The van der Waals surface area contributed by atoms with E-state index in [1.54, 1.807) is 0 Å². The molecule has 0 saturated carbocycles. The Morgan fingerprint density at radius 2 is 1.76 bits per heavy atom. The minimum absolute atomic E-state index is 0.0131. The van der Waals surface area contributed by atoms with Crippen molar-refractivity contribution in [2.24, 2.45) is 0 Å². The van der Waals surface area contributed by atoms with Crippen LogP contribution in [0.1, 0.15) is 0 Å². The van der Waals surface area contributed by atoms with Crippen LogP contribution >= 0.6 is 15.9 Å². The molecule has 0 aliphatic heterocycles. The fraction of sp³-hybridized carbons (Fsp3) is 0.125. The van der Waals surface area contributed by atoms with Crippen LogP contribution in [0.2, 0.25) is 0 Å². The molecule has 3 rings (SSSR count). The van der Waals surface area contributed by atoms with Crippen molar-refractivity contribution in [3.8, 4) is 17.3 Å². The zero-order valence-corrected chi connectivity index (χ0v) is 12.7. The predicted octanol–water partition coefficient (Wildman–Crippen LogP) is 4.41. The van der Waals surface area contributed by atoms with Gasteiger partial charge in [0.25, 0.3) is 0 Å². The number of halogens is 2. The summed E-state index contributed by atoms with van der Waals surface area (Å²) in [5.74, 6) is 0.978. The van der Waals surface area contributed by atoms with Gasteiger partial charge < -0.3 is 4.74 Å². The van der Waals surface area contributed by atoms with Gasteiger partial charge >= 0.3 is 0 Å². The van der Waals surface area contributed by atoms with Gasteiger partial charge in [-0.1, -0.05) is 40.2 Å².